The number of halogens is 1. The number of nitrogens with two attached hydrogens (primary N) is 1. The van der Waals surface area contributed by atoms with E-state index in [1.807, 2.05) is 18.7 Å². The number of aryl methyl sites for hydroxylation is 2. The van der Waals surface area contributed by atoms with Gasteiger partial charge in [-0.3, -0.25) is 4.68 Å². The van der Waals surface area contributed by atoms with Crippen molar-refractivity contribution >= 4 is 15.9 Å². The molecule has 2 aromatic heterocycles. The van der Waals surface area contributed by atoms with Crippen LogP contribution in [0, 0.1) is 0 Å². The summed E-state index contributed by atoms with van der Waals surface area (Å²) < 4.78 is 5.19. The molecule has 0 radical (unpaired) electrons. The second kappa shape index (κ2) is 5.28. The molecule has 1 atom stereocenters. The van der Waals surface area contributed by atoms with Crippen molar-refractivity contribution in [3.8, 4) is 0 Å². The Morgan fingerprint density at radius 1 is 1.50 bits per heavy atom. The van der Waals surface area contributed by atoms with Crippen LogP contribution in [0.1, 0.15) is 36.8 Å². The lowest BCUT2D eigenvalue weighted by atomic mass is 10.2. The molecule has 0 aromatic carbocycles. The summed E-state index contributed by atoms with van der Waals surface area (Å²) >= 11 is 3.63. The molecule has 0 bridgehead atoms. The van der Waals surface area contributed by atoms with E-state index in [1.54, 1.807) is 0 Å². The van der Waals surface area contributed by atoms with Crippen LogP contribution in [-0.4, -0.2) is 14.3 Å². The summed E-state index contributed by atoms with van der Waals surface area (Å²) in [7, 11) is 1.98. The fraction of sp³-hybridized carbons (Fsp3) is 0.462. The van der Waals surface area contributed by atoms with Gasteiger partial charge in [-0.15, -0.1) is 0 Å². The quantitative estimate of drug-likeness (QED) is 0.943. The maximum atomic E-state index is 5.87. The second-order valence-corrected chi connectivity index (χ2v) is 5.38. The van der Waals surface area contributed by atoms with Gasteiger partial charge >= 0.3 is 0 Å². The monoisotopic (exact) mass is 310 g/mol. The number of aromatic nitrogens is 3. The summed E-state index contributed by atoms with van der Waals surface area (Å²) in [6.07, 6.45) is 5.09. The largest absolute Gasteiger partial charge is 0.348 e. The Morgan fingerprint density at radius 3 is 2.72 bits per heavy atom. The molecule has 0 saturated heterocycles. The predicted molar refractivity (Wildman–Crippen MR) is 76.4 cm³/mol. The van der Waals surface area contributed by atoms with Gasteiger partial charge in [-0.05, 0) is 40.9 Å². The fourth-order valence-corrected chi connectivity index (χ4v) is 2.73. The molecule has 2 aromatic rings. The van der Waals surface area contributed by atoms with E-state index in [0.29, 0.717) is 0 Å². The van der Waals surface area contributed by atoms with Gasteiger partial charge in [0.25, 0.3) is 0 Å². The zero-order chi connectivity index (χ0) is 13.3. The first-order valence-corrected chi connectivity index (χ1v) is 6.93. The third-order valence-electron chi connectivity index (χ3n) is 3.13. The van der Waals surface area contributed by atoms with Crippen molar-refractivity contribution in [2.45, 2.75) is 32.9 Å². The molecule has 98 valence electrons. The standard InChI is InChI=1S/C13H19BrN4/c1-4-11-13(14)12(17(3)16-11)8-18-6-5-10(7-18)9(2)15/h5-7,9H,4,8,15H2,1-3H3. The molecule has 4 nitrogen and oxygen atoms in total. The van der Waals surface area contributed by atoms with Crippen molar-refractivity contribution in [1.82, 2.24) is 14.3 Å². The van der Waals surface area contributed by atoms with Crippen LogP contribution in [0.5, 0.6) is 0 Å². The molecular weight excluding hydrogens is 292 g/mol. The van der Waals surface area contributed by atoms with Crippen molar-refractivity contribution in [3.05, 3.63) is 39.9 Å². The average Bonchev–Trinajstić information content (AvgIpc) is 2.89. The van der Waals surface area contributed by atoms with E-state index < -0.39 is 0 Å². The Kier molecular flexibility index (Phi) is 3.92. The third-order valence-corrected chi connectivity index (χ3v) is 4.05. The fourth-order valence-electron chi connectivity index (χ4n) is 1.99. The number of rotatable bonds is 4. The van der Waals surface area contributed by atoms with Crippen LogP contribution < -0.4 is 5.73 Å². The van der Waals surface area contributed by atoms with E-state index in [0.717, 1.165) is 28.7 Å². The van der Waals surface area contributed by atoms with Crippen LogP contribution in [0.2, 0.25) is 0 Å². The van der Waals surface area contributed by atoms with E-state index in [1.165, 1.54) is 5.69 Å². The Hall–Kier alpha value is -1.07. The van der Waals surface area contributed by atoms with Gasteiger partial charge < -0.3 is 10.3 Å². The summed E-state index contributed by atoms with van der Waals surface area (Å²) in [6.45, 7) is 4.91. The molecule has 0 aliphatic carbocycles. The third kappa shape index (κ3) is 2.52. The molecule has 1 unspecified atom stereocenters. The van der Waals surface area contributed by atoms with E-state index in [-0.39, 0.29) is 6.04 Å². The van der Waals surface area contributed by atoms with Crippen molar-refractivity contribution < 1.29 is 0 Å². The predicted octanol–water partition coefficient (Wildman–Crippen LogP) is 2.61. The SMILES string of the molecule is CCc1nn(C)c(Cn2ccc(C(C)N)c2)c1Br. The molecule has 0 amide bonds. The minimum atomic E-state index is 0.0763. The van der Waals surface area contributed by atoms with Gasteiger partial charge in [0.2, 0.25) is 0 Å². The molecule has 2 N–H and O–H groups in total. The topological polar surface area (TPSA) is 48.8 Å². The van der Waals surface area contributed by atoms with E-state index in [4.69, 9.17) is 5.73 Å². The maximum Gasteiger partial charge on any atom is 0.0767 e. The van der Waals surface area contributed by atoms with Crippen molar-refractivity contribution in [1.29, 1.82) is 0 Å². The van der Waals surface area contributed by atoms with Gasteiger partial charge in [0, 0.05) is 25.5 Å². The van der Waals surface area contributed by atoms with Crippen LogP contribution >= 0.6 is 15.9 Å². The first kappa shape index (κ1) is 13.4. The van der Waals surface area contributed by atoms with E-state index in [9.17, 15) is 0 Å². The first-order chi connectivity index (χ1) is 8.52. The number of hydrogen-bond acceptors (Lipinski definition) is 2. The van der Waals surface area contributed by atoms with Crippen LogP contribution in [0.4, 0.5) is 0 Å². The summed E-state index contributed by atoms with van der Waals surface area (Å²) in [5.74, 6) is 0. The molecule has 5 heteroatoms. The lowest BCUT2D eigenvalue weighted by molar-refractivity contribution is 0.659. The minimum Gasteiger partial charge on any atom is -0.348 e. The highest BCUT2D eigenvalue weighted by atomic mass is 79.9. The van der Waals surface area contributed by atoms with Crippen molar-refractivity contribution in [3.63, 3.8) is 0 Å². The Morgan fingerprint density at radius 2 is 2.22 bits per heavy atom. The molecule has 0 aliphatic heterocycles. The van der Waals surface area contributed by atoms with Crippen LogP contribution in [0.3, 0.4) is 0 Å². The molecule has 18 heavy (non-hydrogen) atoms. The average molecular weight is 311 g/mol. The van der Waals surface area contributed by atoms with E-state index in [2.05, 4.69) is 51.0 Å². The van der Waals surface area contributed by atoms with Gasteiger partial charge in [-0.25, -0.2) is 0 Å². The van der Waals surface area contributed by atoms with Gasteiger partial charge in [0.1, 0.15) is 0 Å². The Balaban J connectivity index is 2.25. The molecule has 0 aliphatic rings. The highest BCUT2D eigenvalue weighted by molar-refractivity contribution is 9.10. The Bertz CT molecular complexity index is 539. The van der Waals surface area contributed by atoms with Crippen LogP contribution in [0.25, 0.3) is 0 Å². The van der Waals surface area contributed by atoms with Crippen molar-refractivity contribution in [2.75, 3.05) is 0 Å². The molecule has 0 spiro atoms. The van der Waals surface area contributed by atoms with Crippen molar-refractivity contribution in [2.24, 2.45) is 12.8 Å². The van der Waals surface area contributed by atoms with E-state index >= 15 is 0 Å². The minimum absolute atomic E-state index is 0.0763. The second-order valence-electron chi connectivity index (χ2n) is 4.59. The van der Waals surface area contributed by atoms with Crippen LogP contribution in [0.15, 0.2) is 22.9 Å². The smallest absolute Gasteiger partial charge is 0.0767 e. The summed E-state index contributed by atoms with van der Waals surface area (Å²) in [6, 6.07) is 2.14. The lowest BCUT2D eigenvalue weighted by Gasteiger charge is -2.05. The highest BCUT2D eigenvalue weighted by Crippen LogP contribution is 2.23. The van der Waals surface area contributed by atoms with Gasteiger partial charge in [0.05, 0.1) is 22.4 Å². The summed E-state index contributed by atoms with van der Waals surface area (Å²) in [5, 5.41) is 4.50. The molecule has 2 rings (SSSR count). The Labute approximate surface area is 116 Å². The molecular formula is C13H19BrN4. The molecule has 0 saturated carbocycles. The zero-order valence-corrected chi connectivity index (χ0v) is 12.6. The van der Waals surface area contributed by atoms with Gasteiger partial charge in [-0.2, -0.15) is 5.10 Å². The highest BCUT2D eigenvalue weighted by Gasteiger charge is 2.13. The number of nitrogens with zero attached hydrogens (tertiary/aromatic N) is 3. The molecule has 2 heterocycles. The zero-order valence-electron chi connectivity index (χ0n) is 11.0. The summed E-state index contributed by atoms with van der Waals surface area (Å²) in [4.78, 5) is 0. The summed E-state index contributed by atoms with van der Waals surface area (Å²) in [5.41, 5.74) is 9.31. The lowest BCUT2D eigenvalue weighted by Crippen LogP contribution is -2.06. The number of hydrogen-bond donors (Lipinski definition) is 1. The van der Waals surface area contributed by atoms with Crippen LogP contribution in [-0.2, 0) is 20.0 Å². The van der Waals surface area contributed by atoms with Gasteiger partial charge in [-0.1, -0.05) is 6.92 Å². The first-order valence-electron chi connectivity index (χ1n) is 6.14. The van der Waals surface area contributed by atoms with Gasteiger partial charge in [0.15, 0.2) is 0 Å². The molecule has 0 fully saturated rings. The normalized spacial score (nSPS) is 12.9. The maximum absolute atomic E-state index is 5.87.